The summed E-state index contributed by atoms with van der Waals surface area (Å²) in [6, 6.07) is 0. The second kappa shape index (κ2) is 8.49. The van der Waals surface area contributed by atoms with Gasteiger partial charge in [-0.2, -0.15) is 0 Å². The number of hydrogen-bond donors (Lipinski definition) is 0. The first-order valence-corrected chi connectivity index (χ1v) is 5.31. The molecular weight excluding hydrogens is 167 g/mol. The van der Waals surface area contributed by atoms with Gasteiger partial charge in [0.15, 0.2) is 0 Å². The maximum absolute atomic E-state index is 12.1. The average molecular weight is 190 g/mol. The Bertz CT molecular complexity index is 106. The smallest absolute Gasteiger partial charge is 0.0897 e. The highest BCUT2D eigenvalue weighted by Gasteiger charge is 2.16. The van der Waals surface area contributed by atoms with Gasteiger partial charge in [0.2, 0.25) is 0 Å². The van der Waals surface area contributed by atoms with Gasteiger partial charge in [-0.25, -0.2) is 0 Å². The van der Waals surface area contributed by atoms with Crippen LogP contribution in [-0.4, -0.2) is 20.4 Å². The van der Waals surface area contributed by atoms with Crippen LogP contribution >= 0.6 is 0 Å². The monoisotopic (exact) mass is 190 g/mol. The van der Waals surface area contributed by atoms with Crippen LogP contribution in [0.1, 0.15) is 39.5 Å². The maximum Gasteiger partial charge on any atom is 0.0897 e. The number of ether oxygens (including phenoxy) is 1. The van der Waals surface area contributed by atoms with E-state index in [1.807, 2.05) is 0 Å². The lowest BCUT2D eigenvalue weighted by Crippen LogP contribution is -2.18. The largest absolute Gasteiger partial charge is 0.384 e. The molecule has 2 heteroatoms. The summed E-state index contributed by atoms with van der Waals surface area (Å²) in [5.41, 5.74) is 0. The molecule has 0 saturated heterocycles. The topological polar surface area (TPSA) is 9.23 Å². The molecule has 0 fully saturated rings. The summed E-state index contributed by atoms with van der Waals surface area (Å²) in [5.74, 6) is 0.997. The molecule has 0 N–H and O–H groups in total. The summed E-state index contributed by atoms with van der Waals surface area (Å²) in [5, 5.41) is 0. The molecule has 2 atom stereocenters. The van der Waals surface area contributed by atoms with Crippen molar-refractivity contribution in [1.29, 1.82) is 0 Å². The molecule has 1 unspecified atom stereocenters. The molecule has 0 saturated carbocycles. The van der Waals surface area contributed by atoms with E-state index in [4.69, 9.17) is 4.74 Å². The molecule has 13 heavy (non-hydrogen) atoms. The molecule has 0 rings (SSSR count). The van der Waals surface area contributed by atoms with Crippen molar-refractivity contribution in [3.05, 3.63) is 0 Å². The minimum atomic E-state index is -0.201. The quantitative estimate of drug-likeness (QED) is 0.569. The summed E-state index contributed by atoms with van der Waals surface area (Å²) >= 11 is 0. The summed E-state index contributed by atoms with van der Waals surface area (Å²) in [6.45, 7) is 4.89. The third-order valence-corrected chi connectivity index (χ3v) is 2.68. The Hall–Kier alpha value is -0.110. The molecular formula is C11H23FO. The summed E-state index contributed by atoms with van der Waals surface area (Å²) < 4.78 is 17.3. The molecule has 0 aromatic heterocycles. The van der Waals surface area contributed by atoms with E-state index in [1.54, 1.807) is 7.11 Å². The highest BCUT2D eigenvalue weighted by atomic mass is 19.1. The van der Waals surface area contributed by atoms with Gasteiger partial charge < -0.3 is 4.74 Å². The van der Waals surface area contributed by atoms with Crippen LogP contribution in [0.2, 0.25) is 0 Å². The van der Waals surface area contributed by atoms with E-state index < -0.39 is 0 Å². The predicted octanol–water partition coefficient (Wildman–Crippen LogP) is 3.43. The number of alkyl halides is 1. The minimum absolute atomic E-state index is 0.201. The van der Waals surface area contributed by atoms with E-state index in [0.717, 1.165) is 6.61 Å². The zero-order chi connectivity index (χ0) is 10.1. The van der Waals surface area contributed by atoms with E-state index >= 15 is 0 Å². The second-order valence-electron chi connectivity index (χ2n) is 3.81. The Morgan fingerprint density at radius 2 is 2.00 bits per heavy atom. The van der Waals surface area contributed by atoms with Crippen LogP contribution in [0.4, 0.5) is 4.39 Å². The summed E-state index contributed by atoms with van der Waals surface area (Å²) in [4.78, 5) is 0. The third kappa shape index (κ3) is 6.03. The first-order valence-electron chi connectivity index (χ1n) is 5.31. The average Bonchev–Trinajstić information content (AvgIpc) is 2.12. The SMILES string of the molecule is CCCC[C@@H](COC)C(C)CCF. The van der Waals surface area contributed by atoms with Gasteiger partial charge in [-0.3, -0.25) is 4.39 Å². The molecule has 0 bridgehead atoms. The van der Waals surface area contributed by atoms with E-state index in [-0.39, 0.29) is 6.67 Å². The predicted molar refractivity (Wildman–Crippen MR) is 54.6 cm³/mol. The fourth-order valence-electron chi connectivity index (χ4n) is 1.62. The fourth-order valence-corrected chi connectivity index (χ4v) is 1.62. The van der Waals surface area contributed by atoms with Gasteiger partial charge >= 0.3 is 0 Å². The van der Waals surface area contributed by atoms with Crippen LogP contribution in [0.3, 0.4) is 0 Å². The number of hydrogen-bond acceptors (Lipinski definition) is 1. The molecule has 80 valence electrons. The maximum atomic E-state index is 12.1. The fraction of sp³-hybridized carbons (Fsp3) is 1.00. The molecule has 1 nitrogen and oxygen atoms in total. The number of rotatable bonds is 8. The molecule has 0 aromatic rings. The van der Waals surface area contributed by atoms with E-state index in [9.17, 15) is 4.39 Å². The first kappa shape index (κ1) is 12.9. The Kier molecular flexibility index (Phi) is 8.41. The van der Waals surface area contributed by atoms with Crippen molar-refractivity contribution in [3.63, 3.8) is 0 Å². The standard InChI is InChI=1S/C11H23FO/c1-4-5-6-11(9-13-3)10(2)7-8-12/h10-11H,4-9H2,1-3H3/t10?,11-/m0/s1. The Labute approximate surface area is 81.7 Å². The minimum Gasteiger partial charge on any atom is -0.384 e. The van der Waals surface area contributed by atoms with Crippen molar-refractivity contribution >= 4 is 0 Å². The zero-order valence-corrected chi connectivity index (χ0v) is 9.18. The molecule has 0 amide bonds. The van der Waals surface area contributed by atoms with Crippen molar-refractivity contribution in [2.75, 3.05) is 20.4 Å². The van der Waals surface area contributed by atoms with Crippen LogP contribution in [0.15, 0.2) is 0 Å². The van der Waals surface area contributed by atoms with Crippen LogP contribution in [0, 0.1) is 11.8 Å². The van der Waals surface area contributed by atoms with Crippen molar-refractivity contribution < 1.29 is 9.13 Å². The third-order valence-electron chi connectivity index (χ3n) is 2.68. The Morgan fingerprint density at radius 3 is 2.46 bits per heavy atom. The number of halogens is 1. The summed E-state index contributed by atoms with van der Waals surface area (Å²) in [7, 11) is 1.72. The van der Waals surface area contributed by atoms with Crippen molar-refractivity contribution in [1.82, 2.24) is 0 Å². The molecule has 0 heterocycles. The van der Waals surface area contributed by atoms with Gasteiger partial charge in [0.25, 0.3) is 0 Å². The van der Waals surface area contributed by atoms with E-state index in [0.29, 0.717) is 18.3 Å². The highest BCUT2D eigenvalue weighted by molar-refractivity contribution is 4.66. The van der Waals surface area contributed by atoms with Gasteiger partial charge in [-0.05, 0) is 24.7 Å². The zero-order valence-electron chi connectivity index (χ0n) is 9.18. The Morgan fingerprint density at radius 1 is 1.31 bits per heavy atom. The molecule has 0 aliphatic carbocycles. The Balaban J connectivity index is 3.75. The summed E-state index contributed by atoms with van der Waals surface area (Å²) in [6.07, 6.45) is 4.29. The van der Waals surface area contributed by atoms with Gasteiger partial charge in [0.05, 0.1) is 6.67 Å². The van der Waals surface area contributed by atoms with Crippen LogP contribution in [0.5, 0.6) is 0 Å². The molecule has 0 aliphatic rings. The van der Waals surface area contributed by atoms with Gasteiger partial charge in [-0.15, -0.1) is 0 Å². The molecule has 0 radical (unpaired) electrons. The number of methoxy groups -OCH3 is 1. The molecule has 0 aromatic carbocycles. The van der Waals surface area contributed by atoms with Crippen molar-refractivity contribution in [2.45, 2.75) is 39.5 Å². The lowest BCUT2D eigenvalue weighted by molar-refractivity contribution is 0.112. The van der Waals surface area contributed by atoms with E-state index in [2.05, 4.69) is 13.8 Å². The van der Waals surface area contributed by atoms with Gasteiger partial charge in [-0.1, -0.05) is 26.7 Å². The van der Waals surface area contributed by atoms with E-state index in [1.165, 1.54) is 19.3 Å². The van der Waals surface area contributed by atoms with Crippen LogP contribution in [0.25, 0.3) is 0 Å². The van der Waals surface area contributed by atoms with Gasteiger partial charge in [0.1, 0.15) is 0 Å². The highest BCUT2D eigenvalue weighted by Crippen LogP contribution is 2.21. The van der Waals surface area contributed by atoms with Crippen molar-refractivity contribution in [3.8, 4) is 0 Å². The first-order chi connectivity index (χ1) is 6.26. The van der Waals surface area contributed by atoms with Crippen LogP contribution in [-0.2, 0) is 4.74 Å². The normalized spacial score (nSPS) is 15.7. The molecule has 0 spiro atoms. The lowest BCUT2D eigenvalue weighted by atomic mass is 9.88. The second-order valence-corrected chi connectivity index (χ2v) is 3.81. The van der Waals surface area contributed by atoms with Crippen molar-refractivity contribution in [2.24, 2.45) is 11.8 Å². The lowest BCUT2D eigenvalue weighted by Gasteiger charge is -2.22. The van der Waals surface area contributed by atoms with Gasteiger partial charge in [0, 0.05) is 13.7 Å². The van der Waals surface area contributed by atoms with Crippen LogP contribution < -0.4 is 0 Å². The number of unbranched alkanes of at least 4 members (excludes halogenated alkanes) is 1. The molecule has 0 aliphatic heterocycles.